The van der Waals surface area contributed by atoms with Crippen molar-refractivity contribution in [1.29, 1.82) is 0 Å². The molecule has 1 aromatic rings. The minimum Gasteiger partial charge on any atom is -0.493 e. The van der Waals surface area contributed by atoms with E-state index in [2.05, 4.69) is 12.2 Å². The van der Waals surface area contributed by atoms with Crippen molar-refractivity contribution in [3.8, 4) is 11.5 Å². The minimum absolute atomic E-state index is 0. The van der Waals surface area contributed by atoms with E-state index < -0.39 is 0 Å². The van der Waals surface area contributed by atoms with Crippen LogP contribution in [0.25, 0.3) is 0 Å². The number of rotatable bonds is 7. The molecule has 0 bridgehead atoms. The smallest absolute Gasteiger partial charge is 0.254 e. The number of ether oxygens (including phenoxy) is 2. The van der Waals surface area contributed by atoms with Crippen molar-refractivity contribution >= 4 is 29.9 Å². The Kier molecular flexibility index (Phi) is 9.39. The van der Waals surface area contributed by atoms with Crippen molar-refractivity contribution in [1.82, 2.24) is 10.2 Å². The van der Waals surface area contributed by atoms with Gasteiger partial charge in [-0.1, -0.05) is 24.9 Å². The number of nitrogens with zero attached hydrogens (tertiary/aromatic N) is 1. The predicted octanol–water partition coefficient (Wildman–Crippen LogP) is 3.77. The fraction of sp³-hybridized carbons (Fsp3) is 0.611. The summed E-state index contributed by atoms with van der Waals surface area (Å²) < 4.78 is 11.1. The molecule has 1 N–H and O–H groups in total. The number of piperidine rings is 1. The highest BCUT2D eigenvalue weighted by molar-refractivity contribution is 6.32. The number of nitrogens with one attached hydrogen (secondary N) is 1. The van der Waals surface area contributed by atoms with Crippen LogP contribution in [0.1, 0.15) is 43.0 Å². The molecular formula is C18H28Cl2N2O3. The number of halogens is 2. The molecular weight excluding hydrogens is 363 g/mol. The number of hydrogen-bond donors (Lipinski definition) is 1. The van der Waals surface area contributed by atoms with Gasteiger partial charge in [0, 0.05) is 24.7 Å². The van der Waals surface area contributed by atoms with Gasteiger partial charge in [-0.2, -0.15) is 0 Å². The number of unbranched alkanes of at least 4 members (excludes halogenated alkanes) is 1. The number of carbonyl (C=O) groups is 1. The van der Waals surface area contributed by atoms with E-state index in [1.807, 2.05) is 11.9 Å². The summed E-state index contributed by atoms with van der Waals surface area (Å²) in [4.78, 5) is 14.6. The van der Waals surface area contributed by atoms with Gasteiger partial charge in [-0.05, 0) is 38.4 Å². The molecule has 0 spiro atoms. The van der Waals surface area contributed by atoms with Crippen molar-refractivity contribution < 1.29 is 14.3 Å². The van der Waals surface area contributed by atoms with Gasteiger partial charge >= 0.3 is 0 Å². The molecule has 1 aliphatic heterocycles. The first-order valence-corrected chi connectivity index (χ1v) is 8.95. The van der Waals surface area contributed by atoms with E-state index in [1.165, 1.54) is 0 Å². The highest BCUT2D eigenvalue weighted by atomic mass is 35.5. The number of hydrogen-bond acceptors (Lipinski definition) is 4. The Bertz CT molecular complexity index is 561. The lowest BCUT2D eigenvalue weighted by molar-refractivity contribution is 0.0707. The maximum atomic E-state index is 12.7. The van der Waals surface area contributed by atoms with Gasteiger partial charge in [0.2, 0.25) is 0 Å². The molecule has 1 aliphatic rings. The van der Waals surface area contributed by atoms with E-state index in [-0.39, 0.29) is 18.3 Å². The molecule has 2 rings (SSSR count). The summed E-state index contributed by atoms with van der Waals surface area (Å²) in [5, 5.41) is 3.68. The number of amides is 1. The normalized spacial score (nSPS) is 14.8. The van der Waals surface area contributed by atoms with Crippen LogP contribution in [-0.4, -0.2) is 50.7 Å². The first-order valence-electron chi connectivity index (χ1n) is 8.57. The summed E-state index contributed by atoms with van der Waals surface area (Å²) in [5.74, 6) is 1.01. The van der Waals surface area contributed by atoms with Crippen LogP contribution in [0.4, 0.5) is 0 Å². The lowest BCUT2D eigenvalue weighted by Crippen LogP contribution is -2.43. The van der Waals surface area contributed by atoms with Crippen LogP contribution in [0.3, 0.4) is 0 Å². The van der Waals surface area contributed by atoms with Gasteiger partial charge in [0.1, 0.15) is 0 Å². The molecule has 0 radical (unpaired) electrons. The lowest BCUT2D eigenvalue weighted by Gasteiger charge is -2.32. The average Bonchev–Trinajstić information content (AvgIpc) is 2.62. The molecule has 7 heteroatoms. The Morgan fingerprint density at radius 1 is 1.36 bits per heavy atom. The molecule has 0 atom stereocenters. The number of benzene rings is 1. The van der Waals surface area contributed by atoms with E-state index in [4.69, 9.17) is 21.1 Å². The van der Waals surface area contributed by atoms with E-state index in [9.17, 15) is 4.79 Å². The molecule has 1 amide bonds. The van der Waals surface area contributed by atoms with Crippen LogP contribution in [0, 0.1) is 0 Å². The van der Waals surface area contributed by atoms with E-state index in [0.717, 1.165) is 38.8 Å². The van der Waals surface area contributed by atoms with Gasteiger partial charge in [0.15, 0.2) is 11.5 Å². The maximum absolute atomic E-state index is 12.7. The molecule has 5 nitrogen and oxygen atoms in total. The van der Waals surface area contributed by atoms with Crippen molar-refractivity contribution in [2.24, 2.45) is 0 Å². The minimum atomic E-state index is -0.00939. The van der Waals surface area contributed by atoms with Gasteiger partial charge in [0.05, 0.1) is 18.7 Å². The molecule has 25 heavy (non-hydrogen) atoms. The number of likely N-dealkylation sites (tertiary alicyclic amines) is 1. The zero-order chi connectivity index (χ0) is 17.5. The summed E-state index contributed by atoms with van der Waals surface area (Å²) in [6.07, 6.45) is 3.91. The monoisotopic (exact) mass is 390 g/mol. The zero-order valence-electron chi connectivity index (χ0n) is 15.1. The van der Waals surface area contributed by atoms with Gasteiger partial charge < -0.3 is 19.7 Å². The molecule has 1 saturated heterocycles. The molecule has 142 valence electrons. The second-order valence-electron chi connectivity index (χ2n) is 6.05. The summed E-state index contributed by atoms with van der Waals surface area (Å²) in [6.45, 7) is 4.18. The summed E-state index contributed by atoms with van der Waals surface area (Å²) >= 11 is 6.34. The van der Waals surface area contributed by atoms with E-state index in [0.29, 0.717) is 34.7 Å². The molecule has 1 aromatic carbocycles. The third-order valence-electron chi connectivity index (χ3n) is 4.41. The SMILES string of the molecule is CCCCOc1c(Cl)cc(C(=O)N2CCC(NC)CC2)cc1OC.Cl. The summed E-state index contributed by atoms with van der Waals surface area (Å²) in [5.41, 5.74) is 0.544. The van der Waals surface area contributed by atoms with E-state index >= 15 is 0 Å². The Morgan fingerprint density at radius 3 is 2.60 bits per heavy atom. The first-order chi connectivity index (χ1) is 11.6. The van der Waals surface area contributed by atoms with Crippen molar-refractivity contribution in [2.45, 2.75) is 38.6 Å². The zero-order valence-corrected chi connectivity index (χ0v) is 16.7. The summed E-state index contributed by atoms with van der Waals surface area (Å²) in [7, 11) is 3.52. The summed E-state index contributed by atoms with van der Waals surface area (Å²) in [6, 6.07) is 3.89. The molecule has 0 saturated carbocycles. The Hall–Kier alpha value is -1.17. The van der Waals surface area contributed by atoms with Crippen LogP contribution >= 0.6 is 24.0 Å². The standard InChI is InChI=1S/C18H27ClN2O3.ClH/c1-4-5-10-24-17-15(19)11-13(12-16(17)23-3)18(22)21-8-6-14(20-2)7-9-21;/h11-12,14,20H,4-10H2,1-3H3;1H. The van der Waals surface area contributed by atoms with E-state index in [1.54, 1.807) is 19.2 Å². The second-order valence-corrected chi connectivity index (χ2v) is 6.45. The largest absolute Gasteiger partial charge is 0.493 e. The van der Waals surface area contributed by atoms with Crippen molar-refractivity contribution in [3.63, 3.8) is 0 Å². The van der Waals surface area contributed by atoms with Crippen LogP contribution in [-0.2, 0) is 0 Å². The fourth-order valence-corrected chi connectivity index (χ4v) is 3.12. The predicted molar refractivity (Wildman–Crippen MR) is 104 cm³/mol. The molecule has 1 heterocycles. The topological polar surface area (TPSA) is 50.8 Å². The highest BCUT2D eigenvalue weighted by Gasteiger charge is 2.24. The molecule has 0 aliphatic carbocycles. The van der Waals surface area contributed by atoms with Crippen LogP contribution < -0.4 is 14.8 Å². The van der Waals surface area contributed by atoms with Gasteiger partial charge in [-0.25, -0.2) is 0 Å². The van der Waals surface area contributed by atoms with Gasteiger partial charge in [-0.3, -0.25) is 4.79 Å². The first kappa shape index (κ1) is 21.9. The van der Waals surface area contributed by atoms with Crippen LogP contribution in [0.2, 0.25) is 5.02 Å². The molecule has 1 fully saturated rings. The van der Waals surface area contributed by atoms with Gasteiger partial charge in [0.25, 0.3) is 5.91 Å². The van der Waals surface area contributed by atoms with Crippen LogP contribution in [0.5, 0.6) is 11.5 Å². The highest BCUT2D eigenvalue weighted by Crippen LogP contribution is 2.37. The third kappa shape index (κ3) is 5.66. The lowest BCUT2D eigenvalue weighted by atomic mass is 10.0. The number of carbonyl (C=O) groups excluding carboxylic acids is 1. The van der Waals surface area contributed by atoms with Crippen molar-refractivity contribution in [3.05, 3.63) is 22.7 Å². The van der Waals surface area contributed by atoms with Gasteiger partial charge in [-0.15, -0.1) is 12.4 Å². The van der Waals surface area contributed by atoms with Crippen LogP contribution in [0.15, 0.2) is 12.1 Å². The number of methoxy groups -OCH3 is 1. The average molecular weight is 391 g/mol. The van der Waals surface area contributed by atoms with Crippen molar-refractivity contribution in [2.75, 3.05) is 33.9 Å². The Morgan fingerprint density at radius 2 is 2.04 bits per heavy atom. The fourth-order valence-electron chi connectivity index (χ4n) is 2.86. The molecule has 0 unspecified atom stereocenters. The Labute approximate surface area is 161 Å². The quantitative estimate of drug-likeness (QED) is 0.719. The second kappa shape index (κ2) is 10.7. The molecule has 0 aromatic heterocycles. The third-order valence-corrected chi connectivity index (χ3v) is 4.69. The maximum Gasteiger partial charge on any atom is 0.254 e. The Balaban J connectivity index is 0.00000312.